The summed E-state index contributed by atoms with van der Waals surface area (Å²) in [5.74, 6) is -1.97. The van der Waals surface area contributed by atoms with Gasteiger partial charge in [-0.25, -0.2) is 9.59 Å². The number of piperazine rings is 1. The molecule has 8 nitrogen and oxygen atoms in total. The predicted molar refractivity (Wildman–Crippen MR) is 109 cm³/mol. The van der Waals surface area contributed by atoms with Gasteiger partial charge in [0.1, 0.15) is 0 Å². The van der Waals surface area contributed by atoms with Crippen LogP contribution in [-0.4, -0.2) is 77.9 Å². The summed E-state index contributed by atoms with van der Waals surface area (Å²) in [4.78, 5) is 23.5. The number of hydrogen-bond donors (Lipinski definition) is 2. The Morgan fingerprint density at radius 3 is 2.17 bits per heavy atom. The summed E-state index contributed by atoms with van der Waals surface area (Å²) in [6.45, 7) is 8.47. The molecule has 1 aliphatic carbocycles. The van der Waals surface area contributed by atoms with Crippen molar-refractivity contribution in [2.45, 2.75) is 45.2 Å². The third-order valence-electron chi connectivity index (χ3n) is 5.36. The number of carboxylic acids is 2. The van der Waals surface area contributed by atoms with E-state index in [1.807, 2.05) is 13.0 Å². The first-order valence-electron chi connectivity index (χ1n) is 10.2. The first kappa shape index (κ1) is 23.0. The Hall–Kier alpha value is -2.32. The average molecular weight is 408 g/mol. The molecule has 0 spiro atoms. The molecule has 0 radical (unpaired) electrons. The van der Waals surface area contributed by atoms with Crippen molar-refractivity contribution in [3.63, 3.8) is 0 Å². The van der Waals surface area contributed by atoms with E-state index in [9.17, 15) is 0 Å². The first-order chi connectivity index (χ1) is 13.9. The zero-order valence-corrected chi connectivity index (χ0v) is 17.3. The summed E-state index contributed by atoms with van der Waals surface area (Å²) in [5.41, 5.74) is 1.31. The third-order valence-corrected chi connectivity index (χ3v) is 5.36. The molecule has 0 unspecified atom stereocenters. The second-order valence-electron chi connectivity index (χ2n) is 7.28. The predicted octanol–water partition coefficient (Wildman–Crippen LogP) is 2.31. The Labute approximate surface area is 172 Å². The van der Waals surface area contributed by atoms with E-state index in [1.54, 1.807) is 7.11 Å². The monoisotopic (exact) mass is 408 g/mol. The van der Waals surface area contributed by atoms with Crippen LogP contribution < -0.4 is 9.47 Å². The van der Waals surface area contributed by atoms with Crippen LogP contribution in [0.2, 0.25) is 0 Å². The van der Waals surface area contributed by atoms with Crippen LogP contribution in [0.5, 0.6) is 11.5 Å². The second-order valence-corrected chi connectivity index (χ2v) is 7.28. The lowest BCUT2D eigenvalue weighted by atomic mass is 10.1. The van der Waals surface area contributed by atoms with Crippen molar-refractivity contribution in [3.8, 4) is 11.5 Å². The van der Waals surface area contributed by atoms with E-state index in [0.29, 0.717) is 6.61 Å². The average Bonchev–Trinajstić information content (AvgIpc) is 3.24. The molecule has 1 saturated carbocycles. The number of carbonyl (C=O) groups is 2. The number of ether oxygens (including phenoxy) is 2. The minimum Gasteiger partial charge on any atom is -0.493 e. The Morgan fingerprint density at radius 2 is 1.66 bits per heavy atom. The molecule has 2 aliphatic rings. The van der Waals surface area contributed by atoms with Crippen LogP contribution in [0.3, 0.4) is 0 Å². The molecule has 162 valence electrons. The molecule has 0 atom stereocenters. The van der Waals surface area contributed by atoms with Gasteiger partial charge in [-0.15, -0.1) is 0 Å². The van der Waals surface area contributed by atoms with Gasteiger partial charge in [0, 0.05) is 38.8 Å². The van der Waals surface area contributed by atoms with Gasteiger partial charge in [0.05, 0.1) is 13.7 Å². The van der Waals surface area contributed by atoms with Gasteiger partial charge in [0.2, 0.25) is 0 Å². The highest BCUT2D eigenvalue weighted by atomic mass is 16.5. The normalized spacial score (nSPS) is 18.0. The van der Waals surface area contributed by atoms with Crippen molar-refractivity contribution in [2.75, 3.05) is 39.9 Å². The number of benzene rings is 1. The summed E-state index contributed by atoms with van der Waals surface area (Å²) in [5, 5.41) is 14.8. The van der Waals surface area contributed by atoms with Crippen molar-refractivity contribution >= 4 is 11.9 Å². The van der Waals surface area contributed by atoms with Crippen molar-refractivity contribution in [3.05, 3.63) is 23.8 Å². The minimum atomic E-state index is -1.82. The molecule has 8 heteroatoms. The summed E-state index contributed by atoms with van der Waals surface area (Å²) in [6.07, 6.45) is 5.68. The molecule has 2 fully saturated rings. The molecule has 1 saturated heterocycles. The fraction of sp³-hybridized carbons (Fsp3) is 0.619. The topological polar surface area (TPSA) is 99.5 Å². The van der Waals surface area contributed by atoms with Gasteiger partial charge in [-0.05, 0) is 37.5 Å². The van der Waals surface area contributed by atoms with E-state index in [0.717, 1.165) is 24.1 Å². The zero-order chi connectivity index (χ0) is 21.2. The van der Waals surface area contributed by atoms with Crippen molar-refractivity contribution in [2.24, 2.45) is 0 Å². The highest BCUT2D eigenvalue weighted by Gasteiger charge is 2.26. The molecular weight excluding hydrogens is 376 g/mol. The fourth-order valence-electron chi connectivity index (χ4n) is 3.90. The van der Waals surface area contributed by atoms with E-state index >= 15 is 0 Å². The number of rotatable bonds is 6. The molecule has 3 rings (SSSR count). The Balaban J connectivity index is 0.000000438. The Kier molecular flexibility index (Phi) is 9.21. The van der Waals surface area contributed by atoms with E-state index in [4.69, 9.17) is 29.3 Å². The fourth-order valence-corrected chi connectivity index (χ4v) is 3.90. The van der Waals surface area contributed by atoms with E-state index in [1.165, 1.54) is 57.4 Å². The van der Waals surface area contributed by atoms with Gasteiger partial charge in [-0.1, -0.05) is 18.9 Å². The smallest absolute Gasteiger partial charge is 0.414 e. The molecule has 1 aromatic carbocycles. The van der Waals surface area contributed by atoms with Crippen LogP contribution in [0.15, 0.2) is 18.2 Å². The lowest BCUT2D eigenvalue weighted by Gasteiger charge is -2.38. The van der Waals surface area contributed by atoms with Gasteiger partial charge < -0.3 is 19.7 Å². The minimum absolute atomic E-state index is 0.667. The number of carboxylic acid groups (broad SMARTS) is 2. The molecular formula is C21H32N2O6. The van der Waals surface area contributed by atoms with Crippen LogP contribution in [0.25, 0.3) is 0 Å². The second kappa shape index (κ2) is 11.6. The maximum absolute atomic E-state index is 9.10. The molecule has 1 aromatic rings. The lowest BCUT2D eigenvalue weighted by Crippen LogP contribution is -2.49. The molecule has 2 N–H and O–H groups in total. The summed E-state index contributed by atoms with van der Waals surface area (Å²) in [6, 6.07) is 7.17. The van der Waals surface area contributed by atoms with Crippen LogP contribution in [0.1, 0.15) is 38.2 Å². The number of aliphatic carboxylic acids is 2. The molecule has 1 aliphatic heterocycles. The maximum Gasteiger partial charge on any atom is 0.414 e. The highest BCUT2D eigenvalue weighted by Crippen LogP contribution is 2.29. The number of methoxy groups -OCH3 is 1. The third kappa shape index (κ3) is 7.21. The highest BCUT2D eigenvalue weighted by molar-refractivity contribution is 6.27. The zero-order valence-electron chi connectivity index (χ0n) is 17.3. The van der Waals surface area contributed by atoms with E-state index in [2.05, 4.69) is 21.9 Å². The van der Waals surface area contributed by atoms with Gasteiger partial charge in [-0.3, -0.25) is 9.80 Å². The standard InChI is InChI=1S/C19H30N2O2.C2H2O4/c1-3-23-19-14-16(8-9-18(19)22-2)15-20-10-12-21(13-11-20)17-6-4-5-7-17;3-1(4)2(5)6/h8-9,14,17H,3-7,10-13,15H2,1-2H3;(H,3,4)(H,5,6). The van der Waals surface area contributed by atoms with Gasteiger partial charge in [0.15, 0.2) is 11.5 Å². The van der Waals surface area contributed by atoms with Gasteiger partial charge >= 0.3 is 11.9 Å². The van der Waals surface area contributed by atoms with Crippen molar-refractivity contribution < 1.29 is 29.3 Å². The largest absolute Gasteiger partial charge is 0.493 e. The summed E-state index contributed by atoms with van der Waals surface area (Å²) >= 11 is 0. The molecule has 0 aromatic heterocycles. The molecule has 0 amide bonds. The molecule has 29 heavy (non-hydrogen) atoms. The molecule has 0 bridgehead atoms. The first-order valence-corrected chi connectivity index (χ1v) is 10.2. The van der Waals surface area contributed by atoms with Gasteiger partial charge in [0.25, 0.3) is 0 Å². The maximum atomic E-state index is 9.10. The van der Waals surface area contributed by atoms with Crippen LogP contribution in [-0.2, 0) is 16.1 Å². The number of hydrogen-bond acceptors (Lipinski definition) is 6. The Bertz CT molecular complexity index is 655. The van der Waals surface area contributed by atoms with E-state index in [-0.39, 0.29) is 0 Å². The van der Waals surface area contributed by atoms with E-state index < -0.39 is 11.9 Å². The van der Waals surface area contributed by atoms with Crippen LogP contribution in [0.4, 0.5) is 0 Å². The summed E-state index contributed by atoms with van der Waals surface area (Å²) in [7, 11) is 1.69. The SMILES string of the molecule is CCOc1cc(CN2CCN(C3CCCC3)CC2)ccc1OC.O=C(O)C(=O)O. The Morgan fingerprint density at radius 1 is 1.03 bits per heavy atom. The van der Waals surface area contributed by atoms with Crippen LogP contribution in [0, 0.1) is 0 Å². The molecule has 1 heterocycles. The quantitative estimate of drug-likeness (QED) is 0.692. The van der Waals surface area contributed by atoms with Crippen molar-refractivity contribution in [1.82, 2.24) is 9.80 Å². The van der Waals surface area contributed by atoms with Gasteiger partial charge in [-0.2, -0.15) is 0 Å². The lowest BCUT2D eigenvalue weighted by molar-refractivity contribution is -0.159. The number of nitrogens with zero attached hydrogens (tertiary/aromatic N) is 2. The van der Waals surface area contributed by atoms with Crippen molar-refractivity contribution in [1.29, 1.82) is 0 Å². The van der Waals surface area contributed by atoms with Crippen LogP contribution >= 0.6 is 0 Å². The summed E-state index contributed by atoms with van der Waals surface area (Å²) < 4.78 is 11.1.